The molecule has 2 amide bonds. The largest absolute Gasteiger partial charge is 0.482 e. The van der Waals surface area contributed by atoms with Crippen LogP contribution < -0.4 is 15.4 Å². The SMILES string of the molecule is Cc1ccc(-c2cnc(CCC(=O)N[C@@H](C)c3ccc4c(c3)NC(=O)CO4)o2)cc1C. The van der Waals surface area contributed by atoms with E-state index in [2.05, 4.69) is 41.6 Å². The number of anilines is 1. The Hall–Kier alpha value is -3.61. The topological polar surface area (TPSA) is 93.5 Å². The highest BCUT2D eigenvalue weighted by Crippen LogP contribution is 2.30. The Bertz CT molecular complexity index is 1140. The molecule has 7 nitrogen and oxygen atoms in total. The summed E-state index contributed by atoms with van der Waals surface area (Å²) in [5, 5.41) is 5.75. The van der Waals surface area contributed by atoms with Crippen molar-refractivity contribution in [1.82, 2.24) is 10.3 Å². The van der Waals surface area contributed by atoms with E-state index in [0.717, 1.165) is 11.1 Å². The Kier molecular flexibility index (Phi) is 5.75. The van der Waals surface area contributed by atoms with Gasteiger partial charge in [0.15, 0.2) is 18.3 Å². The van der Waals surface area contributed by atoms with Crippen LogP contribution in [-0.2, 0) is 16.0 Å². The molecule has 2 heterocycles. The molecule has 1 aromatic heterocycles. The van der Waals surface area contributed by atoms with Gasteiger partial charge in [-0.1, -0.05) is 18.2 Å². The maximum atomic E-state index is 12.4. The van der Waals surface area contributed by atoms with Gasteiger partial charge in [0.2, 0.25) is 5.91 Å². The molecule has 0 saturated carbocycles. The zero-order valence-corrected chi connectivity index (χ0v) is 17.8. The van der Waals surface area contributed by atoms with Crippen LogP contribution in [0.2, 0.25) is 0 Å². The van der Waals surface area contributed by atoms with Crippen LogP contribution in [0, 0.1) is 13.8 Å². The first-order chi connectivity index (χ1) is 14.9. The van der Waals surface area contributed by atoms with Crippen LogP contribution in [0.1, 0.15) is 42.0 Å². The second-order valence-electron chi connectivity index (χ2n) is 7.80. The average Bonchev–Trinajstić information content (AvgIpc) is 3.22. The van der Waals surface area contributed by atoms with Gasteiger partial charge in [-0.2, -0.15) is 0 Å². The van der Waals surface area contributed by atoms with Gasteiger partial charge in [0, 0.05) is 18.4 Å². The summed E-state index contributed by atoms with van der Waals surface area (Å²) in [6, 6.07) is 11.4. The monoisotopic (exact) mass is 419 g/mol. The predicted molar refractivity (Wildman–Crippen MR) is 117 cm³/mol. The Morgan fingerprint density at radius 2 is 2.03 bits per heavy atom. The van der Waals surface area contributed by atoms with E-state index in [1.54, 1.807) is 12.3 Å². The van der Waals surface area contributed by atoms with Crippen LogP contribution in [0.15, 0.2) is 47.0 Å². The molecule has 0 fully saturated rings. The normalized spacial score (nSPS) is 13.7. The van der Waals surface area contributed by atoms with Crippen LogP contribution in [0.5, 0.6) is 5.75 Å². The minimum atomic E-state index is -0.215. The summed E-state index contributed by atoms with van der Waals surface area (Å²) in [5.74, 6) is 1.57. The van der Waals surface area contributed by atoms with E-state index in [0.29, 0.717) is 29.5 Å². The number of benzene rings is 2. The molecule has 0 spiro atoms. The van der Waals surface area contributed by atoms with Gasteiger partial charge in [-0.25, -0.2) is 4.98 Å². The van der Waals surface area contributed by atoms with Crippen molar-refractivity contribution in [3.8, 4) is 17.1 Å². The lowest BCUT2D eigenvalue weighted by atomic mass is 10.1. The number of aromatic nitrogens is 1. The van der Waals surface area contributed by atoms with Crippen LogP contribution in [-0.4, -0.2) is 23.4 Å². The molecule has 1 aliphatic rings. The number of nitrogens with one attached hydrogen (secondary N) is 2. The maximum absolute atomic E-state index is 12.4. The lowest BCUT2D eigenvalue weighted by Crippen LogP contribution is -2.28. The number of carbonyl (C=O) groups excluding carboxylic acids is 2. The van der Waals surface area contributed by atoms with E-state index < -0.39 is 0 Å². The van der Waals surface area contributed by atoms with Gasteiger partial charge in [0.25, 0.3) is 5.91 Å². The lowest BCUT2D eigenvalue weighted by molar-refractivity contribution is -0.122. The fourth-order valence-corrected chi connectivity index (χ4v) is 3.44. The summed E-state index contributed by atoms with van der Waals surface area (Å²) in [4.78, 5) is 28.2. The molecule has 4 rings (SSSR count). The van der Waals surface area contributed by atoms with Gasteiger partial charge in [-0.15, -0.1) is 0 Å². The fraction of sp³-hybridized carbons (Fsp3) is 0.292. The summed E-state index contributed by atoms with van der Waals surface area (Å²) in [5.41, 5.74) is 4.89. The highest BCUT2D eigenvalue weighted by atomic mass is 16.5. The number of hydrogen-bond donors (Lipinski definition) is 2. The van der Waals surface area contributed by atoms with Crippen molar-refractivity contribution in [2.45, 2.75) is 39.7 Å². The predicted octanol–water partition coefficient (Wildman–Crippen LogP) is 4.10. The van der Waals surface area contributed by atoms with Gasteiger partial charge in [-0.05, 0) is 55.7 Å². The summed E-state index contributed by atoms with van der Waals surface area (Å²) < 4.78 is 11.2. The lowest BCUT2D eigenvalue weighted by Gasteiger charge is -2.21. The molecular weight excluding hydrogens is 394 g/mol. The molecule has 3 aromatic rings. The number of oxazole rings is 1. The molecule has 2 aromatic carbocycles. The highest BCUT2D eigenvalue weighted by molar-refractivity contribution is 5.95. The van der Waals surface area contributed by atoms with Crippen molar-refractivity contribution in [2.75, 3.05) is 11.9 Å². The molecule has 31 heavy (non-hydrogen) atoms. The average molecular weight is 419 g/mol. The summed E-state index contributed by atoms with van der Waals surface area (Å²) in [7, 11) is 0. The van der Waals surface area contributed by atoms with Crippen LogP contribution >= 0.6 is 0 Å². The van der Waals surface area contributed by atoms with Gasteiger partial charge in [-0.3, -0.25) is 9.59 Å². The van der Waals surface area contributed by atoms with Crippen molar-refractivity contribution in [3.05, 3.63) is 65.2 Å². The van der Waals surface area contributed by atoms with Crippen molar-refractivity contribution < 1.29 is 18.7 Å². The molecule has 0 radical (unpaired) electrons. The number of nitrogens with zero attached hydrogens (tertiary/aromatic N) is 1. The maximum Gasteiger partial charge on any atom is 0.262 e. The number of carbonyl (C=O) groups is 2. The van der Waals surface area contributed by atoms with Gasteiger partial charge in [0.1, 0.15) is 5.75 Å². The third-order valence-electron chi connectivity index (χ3n) is 5.42. The molecule has 0 aliphatic carbocycles. The van der Waals surface area contributed by atoms with Gasteiger partial charge in [0.05, 0.1) is 17.9 Å². The first kappa shape index (κ1) is 20.7. The number of hydrogen-bond acceptors (Lipinski definition) is 5. The molecular formula is C24H25N3O4. The number of aryl methyl sites for hydroxylation is 3. The van der Waals surface area contributed by atoms with Crippen molar-refractivity contribution in [2.24, 2.45) is 0 Å². The van der Waals surface area contributed by atoms with Gasteiger partial charge >= 0.3 is 0 Å². The summed E-state index contributed by atoms with van der Waals surface area (Å²) >= 11 is 0. The Labute approximate surface area is 180 Å². The highest BCUT2D eigenvalue weighted by Gasteiger charge is 2.18. The Balaban J connectivity index is 1.33. The van der Waals surface area contributed by atoms with Gasteiger partial charge < -0.3 is 19.8 Å². The van der Waals surface area contributed by atoms with E-state index in [1.165, 1.54) is 11.1 Å². The second-order valence-corrected chi connectivity index (χ2v) is 7.80. The Morgan fingerprint density at radius 1 is 1.19 bits per heavy atom. The molecule has 2 N–H and O–H groups in total. The van der Waals surface area contributed by atoms with Crippen molar-refractivity contribution in [1.29, 1.82) is 0 Å². The molecule has 7 heteroatoms. The Morgan fingerprint density at radius 3 is 2.84 bits per heavy atom. The van der Waals surface area contributed by atoms with E-state index in [9.17, 15) is 9.59 Å². The van der Waals surface area contributed by atoms with Crippen LogP contribution in [0.3, 0.4) is 0 Å². The summed E-state index contributed by atoms with van der Waals surface area (Å²) in [6.45, 7) is 6.04. The number of rotatable bonds is 6. The smallest absolute Gasteiger partial charge is 0.262 e. The molecule has 0 unspecified atom stereocenters. The zero-order chi connectivity index (χ0) is 22.0. The van der Waals surface area contributed by atoms with E-state index in [4.69, 9.17) is 9.15 Å². The molecule has 0 bridgehead atoms. The minimum absolute atomic E-state index is 0.0185. The van der Waals surface area contributed by atoms with E-state index >= 15 is 0 Å². The first-order valence-corrected chi connectivity index (χ1v) is 10.3. The third kappa shape index (κ3) is 4.77. The quantitative estimate of drug-likeness (QED) is 0.627. The minimum Gasteiger partial charge on any atom is -0.482 e. The number of amides is 2. The zero-order valence-electron chi connectivity index (χ0n) is 17.8. The standard InChI is InChI=1S/C24H25N3O4/c1-14-4-5-18(10-15(14)2)21-12-25-24(31-21)9-8-22(28)26-16(3)17-6-7-20-19(11-17)27-23(29)13-30-20/h4-7,10-12,16H,8-9,13H2,1-3H3,(H,26,28)(H,27,29)/t16-/m0/s1. The van der Waals surface area contributed by atoms with Crippen molar-refractivity contribution in [3.63, 3.8) is 0 Å². The van der Waals surface area contributed by atoms with E-state index in [-0.39, 0.29) is 30.9 Å². The molecule has 160 valence electrons. The molecule has 1 atom stereocenters. The fourth-order valence-electron chi connectivity index (χ4n) is 3.44. The van der Waals surface area contributed by atoms with Crippen molar-refractivity contribution >= 4 is 17.5 Å². The third-order valence-corrected chi connectivity index (χ3v) is 5.42. The van der Waals surface area contributed by atoms with Crippen LogP contribution in [0.25, 0.3) is 11.3 Å². The van der Waals surface area contributed by atoms with E-state index in [1.807, 2.05) is 25.1 Å². The second kappa shape index (κ2) is 8.63. The van der Waals surface area contributed by atoms with Crippen LogP contribution in [0.4, 0.5) is 5.69 Å². The number of fused-ring (bicyclic) bond motifs is 1. The first-order valence-electron chi connectivity index (χ1n) is 10.3. The summed E-state index contributed by atoms with van der Waals surface area (Å²) in [6.07, 6.45) is 2.38. The number of ether oxygens (including phenoxy) is 1. The molecule has 1 aliphatic heterocycles. The molecule has 0 saturated heterocycles.